The predicted molar refractivity (Wildman–Crippen MR) is 112 cm³/mol. The number of benzene rings is 3. The van der Waals surface area contributed by atoms with Crippen molar-refractivity contribution in [2.75, 3.05) is 19.0 Å². The number of rotatable bonds is 5. The van der Waals surface area contributed by atoms with Crippen molar-refractivity contribution in [1.29, 1.82) is 0 Å². The van der Waals surface area contributed by atoms with Crippen LogP contribution < -0.4 is 9.62 Å². The maximum Gasteiger partial charge on any atom is 0.124 e. The number of nitrogens with zero attached hydrogens (tertiary/aromatic N) is 1. The highest BCUT2D eigenvalue weighted by Gasteiger charge is 2.00. The van der Waals surface area contributed by atoms with Gasteiger partial charge in [0.25, 0.3) is 0 Å². The average molecular weight is 367 g/mol. The van der Waals surface area contributed by atoms with Crippen LogP contribution in [0.3, 0.4) is 0 Å². The molecule has 0 aliphatic carbocycles. The molecule has 3 rings (SSSR count). The molecule has 1 N–H and O–H groups in total. The van der Waals surface area contributed by atoms with Crippen LogP contribution in [0.2, 0.25) is 0 Å². The van der Waals surface area contributed by atoms with Gasteiger partial charge < -0.3 is 4.90 Å². The van der Waals surface area contributed by atoms with Crippen molar-refractivity contribution >= 4 is 16.7 Å². The van der Waals surface area contributed by atoms with Gasteiger partial charge in [0.05, 0.1) is 4.90 Å². The average Bonchev–Trinajstić information content (AvgIpc) is 2.70. The Kier molecular flexibility index (Phi) is 8.06. The van der Waals surface area contributed by atoms with Crippen molar-refractivity contribution in [3.63, 3.8) is 0 Å². The second kappa shape index (κ2) is 10.5. The lowest BCUT2D eigenvalue weighted by molar-refractivity contribution is 0.678. The van der Waals surface area contributed by atoms with E-state index in [0.717, 1.165) is 11.4 Å². The highest BCUT2D eigenvalue weighted by molar-refractivity contribution is 7.83. The van der Waals surface area contributed by atoms with E-state index in [0.29, 0.717) is 0 Å². The van der Waals surface area contributed by atoms with Crippen molar-refractivity contribution in [2.24, 2.45) is 0 Å². The molecule has 3 aromatic rings. The monoisotopic (exact) mass is 366 g/mol. The van der Waals surface area contributed by atoms with Crippen LogP contribution in [0.5, 0.6) is 0 Å². The number of anilines is 1. The molecule has 0 bridgehead atoms. The first-order valence-electron chi connectivity index (χ1n) is 8.56. The summed E-state index contributed by atoms with van der Waals surface area (Å²) in [7, 11) is 2.74. The summed E-state index contributed by atoms with van der Waals surface area (Å²) in [5.41, 5.74) is 3.77. The molecule has 0 saturated carbocycles. The molecule has 4 heteroatoms. The van der Waals surface area contributed by atoms with Crippen molar-refractivity contribution in [3.8, 4) is 0 Å². The van der Waals surface area contributed by atoms with Crippen LogP contribution in [0.25, 0.3) is 0 Å². The zero-order valence-electron chi connectivity index (χ0n) is 15.6. The summed E-state index contributed by atoms with van der Waals surface area (Å²) in [6, 6.07) is 28.6. The predicted octanol–water partition coefficient (Wildman–Crippen LogP) is 4.56. The zero-order valence-corrected chi connectivity index (χ0v) is 16.4. The van der Waals surface area contributed by atoms with E-state index in [-0.39, 0.29) is 0 Å². The van der Waals surface area contributed by atoms with Crippen LogP contribution in [-0.4, -0.2) is 18.3 Å². The quantitative estimate of drug-likeness (QED) is 0.718. The van der Waals surface area contributed by atoms with E-state index >= 15 is 0 Å². The maximum absolute atomic E-state index is 11.1. The Hall–Kier alpha value is -2.43. The number of para-hydroxylation sites is 1. The summed E-state index contributed by atoms with van der Waals surface area (Å²) >= 11 is 0. The lowest BCUT2D eigenvalue weighted by Crippen LogP contribution is -2.15. The first-order chi connectivity index (χ1) is 12.6. The Bertz CT molecular complexity index is 789. The SMILES string of the molecule is CN(Cc1ccccc1)c1ccccc1.CNS(=O)c1ccc(C)cc1. The van der Waals surface area contributed by atoms with Crippen molar-refractivity contribution in [3.05, 3.63) is 96.1 Å². The van der Waals surface area contributed by atoms with Gasteiger partial charge in [0.15, 0.2) is 0 Å². The first-order valence-corrected chi connectivity index (χ1v) is 9.71. The second-order valence-corrected chi connectivity index (χ2v) is 7.38. The normalized spacial score (nSPS) is 11.2. The summed E-state index contributed by atoms with van der Waals surface area (Å²) in [6.07, 6.45) is 0. The third kappa shape index (κ3) is 6.47. The minimum atomic E-state index is -1.05. The minimum absolute atomic E-state index is 0.818. The fraction of sp³-hybridized carbons (Fsp3) is 0.182. The molecule has 1 unspecified atom stereocenters. The van der Waals surface area contributed by atoms with E-state index in [4.69, 9.17) is 0 Å². The molecular formula is C22H26N2OS. The largest absolute Gasteiger partial charge is 0.370 e. The summed E-state index contributed by atoms with van der Waals surface area (Å²) < 4.78 is 13.8. The van der Waals surface area contributed by atoms with Gasteiger partial charge in [-0.25, -0.2) is 8.93 Å². The molecule has 0 aromatic heterocycles. The van der Waals surface area contributed by atoms with Gasteiger partial charge in [0, 0.05) is 19.3 Å². The fourth-order valence-corrected chi connectivity index (χ4v) is 3.03. The van der Waals surface area contributed by atoms with Crippen LogP contribution in [0.15, 0.2) is 89.8 Å². The van der Waals surface area contributed by atoms with Crippen molar-refractivity contribution in [1.82, 2.24) is 4.72 Å². The van der Waals surface area contributed by atoms with E-state index in [1.54, 1.807) is 7.05 Å². The topological polar surface area (TPSA) is 32.3 Å². The standard InChI is InChI=1S/C14H15N.C8H11NOS/c1-15(14-10-6-3-7-11-14)12-13-8-4-2-5-9-13;1-7-3-5-8(6-4-7)11(10)9-2/h2-11H,12H2,1H3;3-6,9H,1-2H3. The van der Waals surface area contributed by atoms with Gasteiger partial charge in [-0.3, -0.25) is 0 Å². The molecule has 0 aliphatic heterocycles. The highest BCUT2D eigenvalue weighted by Crippen LogP contribution is 2.14. The van der Waals surface area contributed by atoms with Gasteiger partial charge >= 0.3 is 0 Å². The Labute approximate surface area is 159 Å². The van der Waals surface area contributed by atoms with Crippen LogP contribution in [-0.2, 0) is 17.5 Å². The third-order valence-electron chi connectivity index (χ3n) is 3.88. The molecule has 0 fully saturated rings. The first kappa shape index (κ1) is 19.9. The van der Waals surface area contributed by atoms with Gasteiger partial charge in [-0.15, -0.1) is 0 Å². The van der Waals surface area contributed by atoms with Crippen molar-refractivity contribution < 1.29 is 4.21 Å². The number of hydrogen-bond acceptors (Lipinski definition) is 2. The number of hydrogen-bond donors (Lipinski definition) is 1. The van der Waals surface area contributed by atoms with Gasteiger partial charge in [-0.05, 0) is 43.8 Å². The Balaban J connectivity index is 0.000000197. The molecule has 0 radical (unpaired) electrons. The summed E-state index contributed by atoms with van der Waals surface area (Å²) in [6.45, 7) is 2.96. The smallest absolute Gasteiger partial charge is 0.124 e. The van der Waals surface area contributed by atoms with E-state index < -0.39 is 11.0 Å². The van der Waals surface area contributed by atoms with Crippen LogP contribution in [0, 0.1) is 6.92 Å². The molecule has 0 saturated heterocycles. The molecule has 3 nitrogen and oxygen atoms in total. The summed E-state index contributed by atoms with van der Waals surface area (Å²) in [5, 5.41) is 0. The third-order valence-corrected chi connectivity index (χ3v) is 4.95. The lowest BCUT2D eigenvalue weighted by atomic mass is 10.2. The number of aryl methyl sites for hydroxylation is 1. The Morgan fingerprint density at radius 3 is 1.92 bits per heavy atom. The fourth-order valence-electron chi connectivity index (χ4n) is 2.41. The molecular weight excluding hydrogens is 340 g/mol. The lowest BCUT2D eigenvalue weighted by Gasteiger charge is -2.19. The number of nitrogens with one attached hydrogen (secondary N) is 1. The van der Waals surface area contributed by atoms with Gasteiger partial charge in [0.2, 0.25) is 0 Å². The molecule has 0 aliphatic rings. The van der Waals surface area contributed by atoms with E-state index in [9.17, 15) is 4.21 Å². The Morgan fingerprint density at radius 2 is 1.38 bits per heavy atom. The molecule has 3 aromatic carbocycles. The molecule has 26 heavy (non-hydrogen) atoms. The maximum atomic E-state index is 11.1. The molecule has 0 heterocycles. The van der Waals surface area contributed by atoms with Crippen LogP contribution in [0.1, 0.15) is 11.1 Å². The van der Waals surface area contributed by atoms with E-state index in [1.165, 1.54) is 16.8 Å². The zero-order chi connectivity index (χ0) is 18.8. The molecule has 0 amide bonds. The van der Waals surface area contributed by atoms with E-state index in [1.807, 2.05) is 43.3 Å². The van der Waals surface area contributed by atoms with Crippen molar-refractivity contribution in [2.45, 2.75) is 18.4 Å². The Morgan fingerprint density at radius 1 is 0.846 bits per heavy atom. The minimum Gasteiger partial charge on any atom is -0.370 e. The summed E-state index contributed by atoms with van der Waals surface area (Å²) in [4.78, 5) is 3.06. The van der Waals surface area contributed by atoms with Crippen LogP contribution in [0.4, 0.5) is 5.69 Å². The highest BCUT2D eigenvalue weighted by atomic mass is 32.2. The van der Waals surface area contributed by atoms with Gasteiger partial charge in [-0.1, -0.05) is 66.2 Å². The van der Waals surface area contributed by atoms with Gasteiger partial charge in [0.1, 0.15) is 11.0 Å². The second-order valence-electron chi connectivity index (χ2n) is 5.96. The summed E-state index contributed by atoms with van der Waals surface area (Å²) in [5.74, 6) is 0. The van der Waals surface area contributed by atoms with Crippen LogP contribution >= 0.6 is 0 Å². The van der Waals surface area contributed by atoms with Gasteiger partial charge in [-0.2, -0.15) is 0 Å². The molecule has 136 valence electrons. The molecule has 1 atom stereocenters. The molecule has 0 spiro atoms. The van der Waals surface area contributed by atoms with E-state index in [2.05, 4.69) is 65.2 Å².